The number of carbonyl (C=O) groups is 1. The van der Waals surface area contributed by atoms with Gasteiger partial charge in [0.25, 0.3) is 0 Å². The molecule has 0 bridgehead atoms. The minimum absolute atomic E-state index is 0.00983. The van der Waals surface area contributed by atoms with Crippen LogP contribution in [-0.2, 0) is 31.1 Å². The van der Waals surface area contributed by atoms with Crippen molar-refractivity contribution in [2.24, 2.45) is 5.14 Å². The molecule has 0 heterocycles. The molecule has 0 aliphatic rings. The van der Waals surface area contributed by atoms with Gasteiger partial charge in [-0.3, -0.25) is 4.79 Å². The van der Waals surface area contributed by atoms with Crippen LogP contribution in [0.15, 0.2) is 76.5 Å². The fraction of sp³-hybridized carbons (Fsp3) is 0.0952. The molecule has 3 aromatic carbocycles. The summed E-state index contributed by atoms with van der Waals surface area (Å²) in [4.78, 5) is 12.0. The number of halogens is 1. The number of benzene rings is 3. The lowest BCUT2D eigenvalue weighted by Gasteiger charge is -2.13. The summed E-state index contributed by atoms with van der Waals surface area (Å²) in [7, 11) is -7.72. The van der Waals surface area contributed by atoms with Gasteiger partial charge in [-0.15, -0.1) is 0 Å². The first-order valence-corrected chi connectivity index (χ1v) is 12.9. The highest BCUT2D eigenvalue weighted by molar-refractivity contribution is 7.90. The van der Waals surface area contributed by atoms with Crippen molar-refractivity contribution in [3.05, 3.63) is 77.3 Å². The molecular weight excluding hydrogens is 476 g/mol. The molecule has 1 amide bonds. The van der Waals surface area contributed by atoms with E-state index in [4.69, 9.17) is 21.5 Å². The van der Waals surface area contributed by atoms with E-state index in [0.717, 1.165) is 12.3 Å². The zero-order valence-electron chi connectivity index (χ0n) is 16.8. The molecule has 0 aromatic heterocycles. The van der Waals surface area contributed by atoms with Gasteiger partial charge in [0.2, 0.25) is 15.9 Å². The topological polar surface area (TPSA) is 133 Å². The van der Waals surface area contributed by atoms with Gasteiger partial charge in [0, 0.05) is 17.0 Å². The lowest BCUT2D eigenvalue weighted by Crippen LogP contribution is -2.17. The number of nitrogens with two attached hydrogens (primary N) is 1. The summed E-state index contributed by atoms with van der Waals surface area (Å²) in [5.41, 5.74) is 0.798. The van der Waals surface area contributed by atoms with Crippen LogP contribution in [0.5, 0.6) is 11.5 Å². The van der Waals surface area contributed by atoms with Gasteiger partial charge in [0.05, 0.1) is 11.3 Å². The van der Waals surface area contributed by atoms with Crippen molar-refractivity contribution >= 4 is 43.1 Å². The summed E-state index contributed by atoms with van der Waals surface area (Å²) in [5, 5.41) is 8.36. The third-order valence-corrected chi connectivity index (χ3v) is 6.72. The number of carbonyl (C=O) groups excluding carboxylic acids is 1. The number of sulfonamides is 1. The Kier molecular flexibility index (Phi) is 6.89. The average molecular weight is 495 g/mol. The molecule has 3 aromatic rings. The fourth-order valence-electron chi connectivity index (χ4n) is 2.81. The third-order valence-electron chi connectivity index (χ3n) is 4.30. The summed E-state index contributed by atoms with van der Waals surface area (Å²) >= 11 is 6.06. The number of rotatable bonds is 7. The van der Waals surface area contributed by atoms with E-state index in [1.54, 1.807) is 24.3 Å². The first-order chi connectivity index (χ1) is 14.9. The van der Waals surface area contributed by atoms with Crippen molar-refractivity contribution in [2.75, 3.05) is 11.6 Å². The minimum atomic E-state index is -4.23. The Bertz CT molecular complexity index is 1390. The quantitative estimate of drug-likeness (QED) is 0.517. The number of hydrogen-bond donors (Lipinski definition) is 2. The van der Waals surface area contributed by atoms with Crippen LogP contribution in [0.1, 0.15) is 5.56 Å². The van der Waals surface area contributed by atoms with E-state index in [2.05, 4.69) is 5.32 Å². The van der Waals surface area contributed by atoms with Crippen molar-refractivity contribution in [1.29, 1.82) is 0 Å². The lowest BCUT2D eigenvalue weighted by atomic mass is 10.1. The molecule has 0 saturated heterocycles. The summed E-state index contributed by atoms with van der Waals surface area (Å²) in [5.74, 6) is -0.427. The van der Waals surface area contributed by atoms with Crippen LogP contribution in [0.3, 0.4) is 0 Å². The summed E-state index contributed by atoms with van der Waals surface area (Å²) in [6.45, 7) is 0. The summed E-state index contributed by atoms with van der Waals surface area (Å²) in [6.07, 6.45) is 1.03. The maximum Gasteiger partial charge on any atom is 0.241 e. The maximum absolute atomic E-state index is 12.4. The SMILES string of the molecule is CS(=O)(=O)c1cccc(Oc2ccc(NC(=O)Cc3ccccc3Cl)cc2S(N)(=O)=O)c1. The van der Waals surface area contributed by atoms with Gasteiger partial charge >= 0.3 is 0 Å². The molecule has 0 fully saturated rings. The Balaban J connectivity index is 1.87. The zero-order chi connectivity index (χ0) is 23.5. The Morgan fingerprint density at radius 2 is 1.72 bits per heavy atom. The Morgan fingerprint density at radius 3 is 2.38 bits per heavy atom. The van der Waals surface area contributed by atoms with Crippen molar-refractivity contribution in [1.82, 2.24) is 0 Å². The molecule has 0 radical (unpaired) electrons. The van der Waals surface area contributed by atoms with E-state index < -0.39 is 25.8 Å². The van der Waals surface area contributed by atoms with Gasteiger partial charge in [0.1, 0.15) is 16.4 Å². The molecule has 0 spiro atoms. The molecule has 0 unspecified atom stereocenters. The van der Waals surface area contributed by atoms with Crippen molar-refractivity contribution in [3.63, 3.8) is 0 Å². The van der Waals surface area contributed by atoms with Crippen LogP contribution in [0, 0.1) is 0 Å². The van der Waals surface area contributed by atoms with Crippen LogP contribution in [0.4, 0.5) is 5.69 Å². The van der Waals surface area contributed by atoms with Gasteiger partial charge in [-0.1, -0.05) is 35.9 Å². The normalized spacial score (nSPS) is 11.7. The number of sulfone groups is 1. The molecule has 0 aliphatic carbocycles. The molecule has 168 valence electrons. The van der Waals surface area contributed by atoms with E-state index in [0.29, 0.717) is 10.6 Å². The molecule has 0 aliphatic heterocycles. The second-order valence-electron chi connectivity index (χ2n) is 6.87. The number of ether oxygens (including phenoxy) is 1. The predicted molar refractivity (Wildman–Crippen MR) is 121 cm³/mol. The highest BCUT2D eigenvalue weighted by Crippen LogP contribution is 2.31. The van der Waals surface area contributed by atoms with Gasteiger partial charge in [0.15, 0.2) is 9.84 Å². The van der Waals surface area contributed by atoms with Crippen molar-refractivity contribution < 1.29 is 26.4 Å². The Labute approximate surface area is 190 Å². The molecule has 3 N–H and O–H groups in total. The molecule has 32 heavy (non-hydrogen) atoms. The Morgan fingerprint density at radius 1 is 1.00 bits per heavy atom. The summed E-state index contributed by atoms with van der Waals surface area (Å²) < 4.78 is 53.3. The third kappa shape index (κ3) is 6.07. The average Bonchev–Trinajstić information content (AvgIpc) is 2.70. The number of nitrogens with one attached hydrogen (secondary N) is 1. The Hall–Kier alpha value is -2.92. The maximum atomic E-state index is 12.4. The van der Waals surface area contributed by atoms with Crippen LogP contribution >= 0.6 is 11.6 Å². The zero-order valence-corrected chi connectivity index (χ0v) is 19.2. The van der Waals surface area contributed by atoms with Gasteiger partial charge in [-0.25, -0.2) is 22.0 Å². The van der Waals surface area contributed by atoms with Crippen molar-refractivity contribution in [2.45, 2.75) is 16.2 Å². The second-order valence-corrected chi connectivity index (χ2v) is 10.8. The summed E-state index contributed by atoms with van der Waals surface area (Å²) in [6, 6.07) is 16.4. The molecule has 0 atom stereocenters. The number of hydrogen-bond acceptors (Lipinski definition) is 6. The van der Waals surface area contributed by atoms with E-state index in [9.17, 15) is 21.6 Å². The number of primary sulfonamides is 1. The van der Waals surface area contributed by atoms with Crippen LogP contribution in [0.2, 0.25) is 5.02 Å². The molecular formula is C21H19ClN2O6S2. The van der Waals surface area contributed by atoms with Gasteiger partial charge < -0.3 is 10.1 Å². The van der Waals surface area contributed by atoms with Crippen LogP contribution in [-0.4, -0.2) is 29.0 Å². The number of amides is 1. The van der Waals surface area contributed by atoms with E-state index in [1.165, 1.54) is 36.4 Å². The van der Waals surface area contributed by atoms with Crippen LogP contribution < -0.4 is 15.2 Å². The standard InChI is InChI=1S/C21H19ClN2O6S2/c1-31(26,27)17-7-4-6-16(13-17)30-19-10-9-15(12-20(19)32(23,28)29)24-21(25)11-14-5-2-3-8-18(14)22/h2-10,12-13H,11H2,1H3,(H,24,25)(H2,23,28,29). The minimum Gasteiger partial charge on any atom is -0.456 e. The molecule has 0 saturated carbocycles. The van der Waals surface area contributed by atoms with E-state index >= 15 is 0 Å². The molecule has 8 nitrogen and oxygen atoms in total. The highest BCUT2D eigenvalue weighted by Gasteiger charge is 2.19. The van der Waals surface area contributed by atoms with Gasteiger partial charge in [-0.05, 0) is 48.0 Å². The first-order valence-electron chi connectivity index (χ1n) is 9.11. The highest BCUT2D eigenvalue weighted by atomic mass is 35.5. The second kappa shape index (κ2) is 9.29. The fourth-order valence-corrected chi connectivity index (χ4v) is 4.35. The van der Waals surface area contributed by atoms with E-state index in [-0.39, 0.29) is 33.4 Å². The van der Waals surface area contributed by atoms with Crippen molar-refractivity contribution in [3.8, 4) is 11.5 Å². The van der Waals surface area contributed by atoms with Gasteiger partial charge in [-0.2, -0.15) is 0 Å². The van der Waals surface area contributed by atoms with Crippen LogP contribution in [0.25, 0.3) is 0 Å². The molecule has 3 rings (SSSR count). The predicted octanol–water partition coefficient (Wildman–Crippen LogP) is 3.36. The smallest absolute Gasteiger partial charge is 0.241 e. The first kappa shape index (κ1) is 23.7. The largest absolute Gasteiger partial charge is 0.456 e. The number of anilines is 1. The molecule has 11 heteroatoms. The lowest BCUT2D eigenvalue weighted by molar-refractivity contribution is -0.115. The monoisotopic (exact) mass is 494 g/mol. The van der Waals surface area contributed by atoms with E-state index in [1.807, 2.05) is 0 Å².